The fraction of sp³-hybridized carbons (Fsp3) is 0.143. The van der Waals surface area contributed by atoms with Gasteiger partial charge in [-0.25, -0.2) is 4.79 Å². The highest BCUT2D eigenvalue weighted by Crippen LogP contribution is 2.29. The van der Waals surface area contributed by atoms with Crippen molar-refractivity contribution in [1.29, 1.82) is 0 Å². The lowest BCUT2D eigenvalue weighted by Gasteiger charge is -2.19. The molecule has 0 bridgehead atoms. The lowest BCUT2D eigenvalue weighted by molar-refractivity contribution is 0.0697. The maximum atomic E-state index is 11.2. The fourth-order valence-electron chi connectivity index (χ4n) is 2.33. The molecule has 4 heteroatoms. The summed E-state index contributed by atoms with van der Waals surface area (Å²) in [5, 5.41) is 9.18. The molecule has 1 aromatic carbocycles. The van der Waals surface area contributed by atoms with E-state index in [1.54, 1.807) is 12.3 Å². The molecule has 1 aliphatic heterocycles. The van der Waals surface area contributed by atoms with Crippen molar-refractivity contribution in [3.63, 3.8) is 0 Å². The van der Waals surface area contributed by atoms with E-state index in [9.17, 15) is 9.90 Å². The van der Waals surface area contributed by atoms with Crippen LogP contribution in [-0.2, 0) is 13.1 Å². The Morgan fingerprint density at radius 3 is 2.44 bits per heavy atom. The number of aromatic nitrogens is 1. The quantitative estimate of drug-likeness (QED) is 0.875. The van der Waals surface area contributed by atoms with Crippen LogP contribution >= 0.6 is 0 Å². The molecule has 0 radical (unpaired) electrons. The lowest BCUT2D eigenvalue weighted by atomic mass is 10.1. The molecule has 0 spiro atoms. The van der Waals surface area contributed by atoms with Crippen LogP contribution < -0.4 is 4.90 Å². The number of hydrogen-bond acceptors (Lipinski definition) is 3. The third kappa shape index (κ3) is 1.72. The third-order valence-electron chi connectivity index (χ3n) is 3.21. The number of anilines is 1. The van der Waals surface area contributed by atoms with Gasteiger partial charge in [0.2, 0.25) is 0 Å². The minimum Gasteiger partial charge on any atom is -0.478 e. The fourth-order valence-corrected chi connectivity index (χ4v) is 2.33. The zero-order valence-electron chi connectivity index (χ0n) is 9.71. The summed E-state index contributed by atoms with van der Waals surface area (Å²) >= 11 is 0. The first-order valence-corrected chi connectivity index (χ1v) is 5.75. The predicted octanol–water partition coefficient (Wildman–Crippen LogP) is 2.30. The average molecular weight is 240 g/mol. The highest BCUT2D eigenvalue weighted by atomic mass is 16.4. The van der Waals surface area contributed by atoms with Crippen molar-refractivity contribution >= 4 is 11.7 Å². The van der Waals surface area contributed by atoms with E-state index in [1.807, 2.05) is 12.1 Å². The zero-order valence-corrected chi connectivity index (χ0v) is 9.71. The maximum absolute atomic E-state index is 11.2. The molecule has 0 fully saturated rings. The Morgan fingerprint density at radius 2 is 1.83 bits per heavy atom. The minimum absolute atomic E-state index is 0.255. The van der Waals surface area contributed by atoms with E-state index in [2.05, 4.69) is 22.0 Å². The molecule has 0 saturated carbocycles. The van der Waals surface area contributed by atoms with E-state index in [0.717, 1.165) is 18.8 Å². The van der Waals surface area contributed by atoms with Gasteiger partial charge in [-0.05, 0) is 17.2 Å². The second-order valence-corrected chi connectivity index (χ2v) is 4.32. The van der Waals surface area contributed by atoms with Crippen LogP contribution in [0.1, 0.15) is 21.5 Å². The molecule has 3 rings (SSSR count). The molecule has 0 amide bonds. The number of carboxylic acids is 1. The van der Waals surface area contributed by atoms with Crippen molar-refractivity contribution in [3.05, 3.63) is 59.4 Å². The molecule has 1 aromatic heterocycles. The Bertz CT molecular complexity index is 585. The van der Waals surface area contributed by atoms with Crippen LogP contribution in [-0.4, -0.2) is 16.1 Å². The normalized spacial score (nSPS) is 13.4. The number of fused-ring (bicyclic) bond motifs is 1. The molecule has 18 heavy (non-hydrogen) atoms. The molecule has 4 nitrogen and oxygen atoms in total. The van der Waals surface area contributed by atoms with Gasteiger partial charge in [0, 0.05) is 25.5 Å². The first kappa shape index (κ1) is 10.8. The second-order valence-electron chi connectivity index (χ2n) is 4.32. The topological polar surface area (TPSA) is 53.4 Å². The van der Waals surface area contributed by atoms with Crippen molar-refractivity contribution < 1.29 is 9.90 Å². The molecule has 0 aliphatic carbocycles. The minimum atomic E-state index is -0.936. The standard InChI is InChI=1S/C14H12N2O2/c17-14(18)12-7-15-6-5-13(12)16-8-10-3-1-2-4-11(10)9-16/h1-7H,8-9H2,(H,17,18). The van der Waals surface area contributed by atoms with E-state index in [4.69, 9.17) is 0 Å². The predicted molar refractivity (Wildman–Crippen MR) is 67.5 cm³/mol. The Balaban J connectivity index is 1.98. The van der Waals surface area contributed by atoms with Crippen LogP contribution in [0.5, 0.6) is 0 Å². The molecule has 1 aliphatic rings. The zero-order chi connectivity index (χ0) is 12.5. The smallest absolute Gasteiger partial charge is 0.339 e. The van der Waals surface area contributed by atoms with Gasteiger partial charge in [-0.2, -0.15) is 0 Å². The number of nitrogens with zero attached hydrogens (tertiary/aromatic N) is 2. The molecular formula is C14H12N2O2. The maximum Gasteiger partial charge on any atom is 0.339 e. The number of carboxylic acid groups (broad SMARTS) is 1. The van der Waals surface area contributed by atoms with Crippen molar-refractivity contribution in [2.45, 2.75) is 13.1 Å². The summed E-state index contributed by atoms with van der Waals surface area (Å²) in [5.74, 6) is -0.936. The van der Waals surface area contributed by atoms with Crippen molar-refractivity contribution in [3.8, 4) is 0 Å². The van der Waals surface area contributed by atoms with Gasteiger partial charge in [0.25, 0.3) is 0 Å². The Kier molecular flexibility index (Phi) is 2.48. The van der Waals surface area contributed by atoms with Gasteiger partial charge in [-0.1, -0.05) is 24.3 Å². The van der Waals surface area contributed by atoms with Crippen LogP contribution in [0, 0.1) is 0 Å². The third-order valence-corrected chi connectivity index (χ3v) is 3.21. The highest BCUT2D eigenvalue weighted by Gasteiger charge is 2.22. The van der Waals surface area contributed by atoms with Gasteiger partial charge in [0.1, 0.15) is 5.56 Å². The molecule has 0 atom stereocenters. The van der Waals surface area contributed by atoms with Crippen LogP contribution in [0.15, 0.2) is 42.7 Å². The van der Waals surface area contributed by atoms with Gasteiger partial charge in [-0.15, -0.1) is 0 Å². The monoisotopic (exact) mass is 240 g/mol. The van der Waals surface area contributed by atoms with E-state index in [1.165, 1.54) is 17.3 Å². The number of rotatable bonds is 2. The van der Waals surface area contributed by atoms with Crippen LogP contribution in [0.3, 0.4) is 0 Å². The van der Waals surface area contributed by atoms with E-state index in [0.29, 0.717) is 0 Å². The van der Waals surface area contributed by atoms with Gasteiger partial charge in [-0.3, -0.25) is 4.98 Å². The summed E-state index contributed by atoms with van der Waals surface area (Å²) < 4.78 is 0. The highest BCUT2D eigenvalue weighted by molar-refractivity contribution is 5.94. The van der Waals surface area contributed by atoms with Crippen molar-refractivity contribution in [2.24, 2.45) is 0 Å². The molecule has 90 valence electrons. The number of pyridine rings is 1. The van der Waals surface area contributed by atoms with Crippen LogP contribution in [0.2, 0.25) is 0 Å². The average Bonchev–Trinajstić information content (AvgIpc) is 2.82. The molecule has 2 aromatic rings. The Hall–Kier alpha value is -2.36. The molecule has 0 saturated heterocycles. The summed E-state index contributed by atoms with van der Waals surface area (Å²) in [6.45, 7) is 1.50. The van der Waals surface area contributed by atoms with Crippen LogP contribution in [0.4, 0.5) is 5.69 Å². The molecule has 0 unspecified atom stereocenters. The van der Waals surface area contributed by atoms with E-state index in [-0.39, 0.29) is 5.56 Å². The number of hydrogen-bond donors (Lipinski definition) is 1. The number of benzene rings is 1. The van der Waals surface area contributed by atoms with Gasteiger partial charge in [0.05, 0.1) is 5.69 Å². The molecular weight excluding hydrogens is 228 g/mol. The van der Waals surface area contributed by atoms with Gasteiger partial charge in [0.15, 0.2) is 0 Å². The van der Waals surface area contributed by atoms with Crippen molar-refractivity contribution in [2.75, 3.05) is 4.90 Å². The molecule has 1 N–H and O–H groups in total. The number of aromatic carboxylic acids is 1. The van der Waals surface area contributed by atoms with Gasteiger partial charge >= 0.3 is 5.97 Å². The summed E-state index contributed by atoms with van der Waals surface area (Å²) in [6.07, 6.45) is 3.03. The first-order valence-electron chi connectivity index (χ1n) is 5.75. The van der Waals surface area contributed by atoms with Crippen LogP contribution in [0.25, 0.3) is 0 Å². The summed E-state index contributed by atoms with van der Waals surface area (Å²) in [6, 6.07) is 9.93. The van der Waals surface area contributed by atoms with E-state index < -0.39 is 5.97 Å². The van der Waals surface area contributed by atoms with E-state index >= 15 is 0 Å². The SMILES string of the molecule is O=C(O)c1cnccc1N1Cc2ccccc2C1. The summed E-state index contributed by atoms with van der Waals surface area (Å²) in [4.78, 5) is 17.1. The summed E-state index contributed by atoms with van der Waals surface area (Å²) in [7, 11) is 0. The van der Waals surface area contributed by atoms with Gasteiger partial charge < -0.3 is 10.0 Å². The summed E-state index contributed by atoms with van der Waals surface area (Å²) in [5.41, 5.74) is 3.50. The Labute approximate surface area is 105 Å². The molecule has 2 heterocycles. The number of carbonyl (C=O) groups is 1. The second kappa shape index (κ2) is 4.14. The largest absolute Gasteiger partial charge is 0.478 e. The Morgan fingerprint density at radius 1 is 1.17 bits per heavy atom. The lowest BCUT2D eigenvalue weighted by Crippen LogP contribution is -2.18. The first-order chi connectivity index (χ1) is 8.75. The van der Waals surface area contributed by atoms with Crippen molar-refractivity contribution in [1.82, 2.24) is 4.98 Å².